The lowest BCUT2D eigenvalue weighted by Gasteiger charge is -2.33. The molecule has 0 amide bonds. The Bertz CT molecular complexity index is 1010. The van der Waals surface area contributed by atoms with Crippen molar-refractivity contribution in [3.8, 4) is 11.5 Å². The zero-order valence-electron chi connectivity index (χ0n) is 20.4. The fourth-order valence-electron chi connectivity index (χ4n) is 4.77. The topological polar surface area (TPSA) is 41.9 Å². The zero-order valence-corrected chi connectivity index (χ0v) is 20.4. The lowest BCUT2D eigenvalue weighted by Crippen LogP contribution is -2.42. The second-order valence-corrected chi connectivity index (χ2v) is 9.54. The fraction of sp³-hybridized carbons (Fsp3) is 0.400. The number of nitrogens with zero attached hydrogens (tertiary/aromatic N) is 1. The average molecular weight is 460 g/mol. The summed E-state index contributed by atoms with van der Waals surface area (Å²) in [7, 11) is 0. The van der Waals surface area contributed by atoms with Gasteiger partial charge < -0.3 is 14.6 Å². The maximum atomic E-state index is 10.9. The molecule has 3 aromatic rings. The first-order chi connectivity index (χ1) is 16.6. The third-order valence-corrected chi connectivity index (χ3v) is 6.36. The summed E-state index contributed by atoms with van der Waals surface area (Å²) in [6.07, 6.45) is 3.89. The number of hydrogen-bond donors (Lipinski definition) is 1. The van der Waals surface area contributed by atoms with Gasteiger partial charge in [0.15, 0.2) is 0 Å². The molecule has 0 fully saturated rings. The van der Waals surface area contributed by atoms with Gasteiger partial charge in [0, 0.05) is 19.1 Å². The van der Waals surface area contributed by atoms with Gasteiger partial charge in [0.2, 0.25) is 0 Å². The molecule has 4 nitrogen and oxygen atoms in total. The van der Waals surface area contributed by atoms with Crippen LogP contribution in [-0.2, 0) is 19.4 Å². The lowest BCUT2D eigenvalue weighted by atomic mass is 10.00. The van der Waals surface area contributed by atoms with E-state index < -0.39 is 6.10 Å². The van der Waals surface area contributed by atoms with Crippen molar-refractivity contribution in [3.05, 3.63) is 95.6 Å². The molecule has 0 saturated heterocycles. The molecule has 3 aromatic carbocycles. The third-order valence-electron chi connectivity index (χ3n) is 6.36. The maximum Gasteiger partial charge on any atom is 0.119 e. The summed E-state index contributed by atoms with van der Waals surface area (Å²) in [6, 6.07) is 27.2. The van der Waals surface area contributed by atoms with Gasteiger partial charge in [-0.1, -0.05) is 54.6 Å². The van der Waals surface area contributed by atoms with Crippen LogP contribution in [0.4, 0.5) is 0 Å². The Morgan fingerprint density at radius 2 is 1.65 bits per heavy atom. The molecule has 0 radical (unpaired) electrons. The van der Waals surface area contributed by atoms with Crippen LogP contribution < -0.4 is 9.47 Å². The van der Waals surface area contributed by atoms with E-state index in [1.54, 1.807) is 0 Å². The largest absolute Gasteiger partial charge is 0.491 e. The van der Waals surface area contributed by atoms with E-state index in [1.807, 2.05) is 30.3 Å². The van der Waals surface area contributed by atoms with Crippen LogP contribution in [0.25, 0.3) is 0 Å². The number of aryl methyl sites for hydroxylation is 1. The van der Waals surface area contributed by atoms with E-state index in [-0.39, 0.29) is 12.7 Å². The number of aliphatic hydroxyl groups is 1. The van der Waals surface area contributed by atoms with E-state index in [4.69, 9.17) is 9.47 Å². The molecule has 1 aliphatic rings. The number of hydrogen-bond acceptors (Lipinski definition) is 4. The van der Waals surface area contributed by atoms with Crippen molar-refractivity contribution in [1.29, 1.82) is 0 Å². The Morgan fingerprint density at radius 1 is 0.912 bits per heavy atom. The Hall–Kier alpha value is -2.82. The molecule has 4 rings (SSSR count). The van der Waals surface area contributed by atoms with Gasteiger partial charge in [-0.25, -0.2) is 0 Å². The van der Waals surface area contributed by atoms with Crippen LogP contribution in [0.15, 0.2) is 78.9 Å². The minimum Gasteiger partial charge on any atom is -0.491 e. The molecule has 0 saturated carbocycles. The molecule has 0 bridgehead atoms. The Morgan fingerprint density at radius 3 is 2.38 bits per heavy atom. The molecule has 1 unspecified atom stereocenters. The molecule has 0 spiro atoms. The summed E-state index contributed by atoms with van der Waals surface area (Å²) in [6.45, 7) is 5.80. The summed E-state index contributed by atoms with van der Waals surface area (Å²) in [5, 5.41) is 10.9. The summed E-state index contributed by atoms with van der Waals surface area (Å²) < 4.78 is 11.8. The van der Waals surface area contributed by atoms with Crippen molar-refractivity contribution >= 4 is 0 Å². The molecule has 4 heteroatoms. The molecule has 180 valence electrons. The molecule has 2 atom stereocenters. The van der Waals surface area contributed by atoms with Gasteiger partial charge in [-0.3, -0.25) is 4.90 Å². The zero-order chi connectivity index (χ0) is 23.8. The Labute approximate surface area is 204 Å². The van der Waals surface area contributed by atoms with Crippen molar-refractivity contribution in [3.63, 3.8) is 0 Å². The number of rotatable bonds is 10. The van der Waals surface area contributed by atoms with Crippen molar-refractivity contribution in [2.75, 3.05) is 13.2 Å². The van der Waals surface area contributed by atoms with E-state index >= 15 is 0 Å². The van der Waals surface area contributed by atoms with Crippen molar-refractivity contribution < 1.29 is 14.6 Å². The predicted molar refractivity (Wildman–Crippen MR) is 137 cm³/mol. The van der Waals surface area contributed by atoms with Crippen LogP contribution in [0, 0.1) is 0 Å². The van der Waals surface area contributed by atoms with Crippen LogP contribution in [0.3, 0.4) is 0 Å². The first kappa shape index (κ1) is 24.3. The fourth-order valence-corrected chi connectivity index (χ4v) is 4.77. The highest BCUT2D eigenvalue weighted by Crippen LogP contribution is 2.28. The summed E-state index contributed by atoms with van der Waals surface area (Å²) in [5.41, 5.74) is 4.06. The SMILES string of the molecule is CC(C)Oc1ccc2c(c1)CC(N(Cc1ccccc1)C[C@H](O)COc1ccccc1)CCC2. The third kappa shape index (κ3) is 7.09. The minimum absolute atomic E-state index is 0.161. The molecule has 1 aliphatic carbocycles. The Balaban J connectivity index is 1.49. The smallest absolute Gasteiger partial charge is 0.119 e. The molecule has 34 heavy (non-hydrogen) atoms. The summed E-state index contributed by atoms with van der Waals surface area (Å²) in [4.78, 5) is 2.44. The maximum absolute atomic E-state index is 10.9. The number of para-hydroxylation sites is 1. The van der Waals surface area contributed by atoms with E-state index in [9.17, 15) is 5.11 Å². The predicted octanol–water partition coefficient (Wildman–Crippen LogP) is 5.66. The van der Waals surface area contributed by atoms with Gasteiger partial charge in [-0.2, -0.15) is 0 Å². The first-order valence-electron chi connectivity index (χ1n) is 12.5. The quantitative estimate of drug-likeness (QED) is 0.397. The van der Waals surface area contributed by atoms with E-state index in [0.717, 1.165) is 43.7 Å². The van der Waals surface area contributed by atoms with Crippen LogP contribution in [0.1, 0.15) is 43.4 Å². The van der Waals surface area contributed by atoms with Gasteiger partial charge in [0.1, 0.15) is 24.2 Å². The number of benzene rings is 3. The second kappa shape index (κ2) is 12.0. The van der Waals surface area contributed by atoms with Crippen LogP contribution in [-0.4, -0.2) is 41.4 Å². The number of aliphatic hydroxyl groups excluding tert-OH is 1. The van der Waals surface area contributed by atoms with E-state index in [1.165, 1.54) is 16.7 Å². The second-order valence-electron chi connectivity index (χ2n) is 9.54. The molecular formula is C30H37NO3. The van der Waals surface area contributed by atoms with Crippen molar-refractivity contribution in [1.82, 2.24) is 4.90 Å². The lowest BCUT2D eigenvalue weighted by molar-refractivity contribution is 0.0463. The molecular weight excluding hydrogens is 422 g/mol. The minimum atomic E-state index is -0.567. The van der Waals surface area contributed by atoms with Gasteiger partial charge in [0.25, 0.3) is 0 Å². The van der Waals surface area contributed by atoms with E-state index in [0.29, 0.717) is 12.6 Å². The standard InChI is InChI=1S/C30H37NO3/c1-23(2)34-30-17-16-25-12-9-13-27(18-26(25)19-30)31(20-24-10-5-3-6-11-24)21-28(32)22-33-29-14-7-4-8-15-29/h3-8,10-11,14-17,19,23,27-28,32H,9,12-13,18,20-22H2,1-2H3/t27?,28-/m0/s1. The molecule has 0 aliphatic heterocycles. The summed E-state index contributed by atoms with van der Waals surface area (Å²) in [5.74, 6) is 1.73. The average Bonchev–Trinajstić information content (AvgIpc) is 3.05. The molecule has 1 N–H and O–H groups in total. The molecule has 0 heterocycles. The number of fused-ring (bicyclic) bond motifs is 1. The normalized spacial score (nSPS) is 16.7. The van der Waals surface area contributed by atoms with Gasteiger partial charge >= 0.3 is 0 Å². The van der Waals surface area contributed by atoms with Crippen LogP contribution in [0.5, 0.6) is 11.5 Å². The van der Waals surface area contributed by atoms with Gasteiger partial charge in [-0.05, 0) is 80.5 Å². The van der Waals surface area contributed by atoms with Crippen LogP contribution in [0.2, 0.25) is 0 Å². The van der Waals surface area contributed by atoms with Crippen molar-refractivity contribution in [2.45, 2.75) is 64.3 Å². The molecule has 0 aromatic heterocycles. The highest BCUT2D eigenvalue weighted by molar-refractivity contribution is 5.37. The highest BCUT2D eigenvalue weighted by atomic mass is 16.5. The van der Waals surface area contributed by atoms with Crippen LogP contribution >= 0.6 is 0 Å². The van der Waals surface area contributed by atoms with Gasteiger partial charge in [0.05, 0.1) is 6.10 Å². The van der Waals surface area contributed by atoms with Crippen molar-refractivity contribution in [2.24, 2.45) is 0 Å². The first-order valence-corrected chi connectivity index (χ1v) is 12.5. The highest BCUT2D eigenvalue weighted by Gasteiger charge is 2.25. The van der Waals surface area contributed by atoms with Gasteiger partial charge in [-0.15, -0.1) is 0 Å². The summed E-state index contributed by atoms with van der Waals surface area (Å²) >= 11 is 0. The monoisotopic (exact) mass is 459 g/mol. The number of ether oxygens (including phenoxy) is 2. The Kier molecular flexibility index (Phi) is 8.62. The van der Waals surface area contributed by atoms with E-state index in [2.05, 4.69) is 67.3 Å².